The molecule has 30 heavy (non-hydrogen) atoms. The van der Waals surface area contributed by atoms with Crippen LogP contribution in [-0.2, 0) is 9.59 Å². The minimum Gasteiger partial charge on any atom is -0.338 e. The number of nitrogens with zero attached hydrogens (tertiary/aromatic N) is 2. The average molecular weight is 408 g/mol. The van der Waals surface area contributed by atoms with Gasteiger partial charge in [0, 0.05) is 31.4 Å². The third-order valence-electron chi connectivity index (χ3n) is 5.45. The van der Waals surface area contributed by atoms with Crippen molar-refractivity contribution >= 4 is 23.4 Å². The fourth-order valence-corrected chi connectivity index (χ4v) is 3.68. The lowest BCUT2D eigenvalue weighted by Gasteiger charge is -2.34. The van der Waals surface area contributed by atoms with Crippen LogP contribution in [0.3, 0.4) is 0 Å². The lowest BCUT2D eigenvalue weighted by Crippen LogP contribution is -2.47. The van der Waals surface area contributed by atoms with Gasteiger partial charge in [-0.2, -0.15) is 0 Å². The van der Waals surface area contributed by atoms with Gasteiger partial charge in [-0.05, 0) is 51.0 Å². The van der Waals surface area contributed by atoms with E-state index in [1.54, 1.807) is 11.9 Å². The van der Waals surface area contributed by atoms with Crippen LogP contribution in [0.2, 0.25) is 0 Å². The summed E-state index contributed by atoms with van der Waals surface area (Å²) in [5.74, 6) is -0.675. The third kappa shape index (κ3) is 5.47. The minimum atomic E-state index is -0.287. The van der Waals surface area contributed by atoms with Gasteiger partial charge in [0.15, 0.2) is 0 Å². The largest absolute Gasteiger partial charge is 0.338 e. The number of carbonyl (C=O) groups excluding carboxylic acids is 3. The molecule has 1 N–H and O–H groups in total. The first-order valence-corrected chi connectivity index (χ1v) is 10.3. The number of nitrogens with one attached hydrogen (secondary N) is 1. The van der Waals surface area contributed by atoms with Crippen molar-refractivity contribution in [3.63, 3.8) is 0 Å². The molecule has 0 aromatic heterocycles. The molecule has 1 aliphatic rings. The zero-order chi connectivity index (χ0) is 21.7. The summed E-state index contributed by atoms with van der Waals surface area (Å²) in [4.78, 5) is 41.2. The summed E-state index contributed by atoms with van der Waals surface area (Å²) in [7, 11) is 1.64. The number of piperidine rings is 1. The fraction of sp³-hybridized carbons (Fsp3) is 0.375. The molecule has 1 atom stereocenters. The van der Waals surface area contributed by atoms with Gasteiger partial charge in [-0.25, -0.2) is 0 Å². The second kappa shape index (κ2) is 9.57. The summed E-state index contributed by atoms with van der Waals surface area (Å²) in [6, 6.07) is 15.0. The van der Waals surface area contributed by atoms with E-state index in [1.807, 2.05) is 62.4 Å². The molecule has 6 heteroatoms. The molecule has 3 rings (SSSR count). The average Bonchev–Trinajstić information content (AvgIpc) is 2.75. The summed E-state index contributed by atoms with van der Waals surface area (Å²) in [5, 5.41) is 2.81. The Morgan fingerprint density at radius 3 is 2.23 bits per heavy atom. The molecule has 6 nitrogen and oxygen atoms in total. The van der Waals surface area contributed by atoms with Gasteiger partial charge in [-0.3, -0.25) is 14.4 Å². The Bertz CT molecular complexity index is 906. The van der Waals surface area contributed by atoms with Gasteiger partial charge < -0.3 is 15.1 Å². The summed E-state index contributed by atoms with van der Waals surface area (Å²) in [6.07, 6.45) is 1.50. The van der Waals surface area contributed by atoms with Crippen molar-refractivity contribution in [2.45, 2.75) is 26.7 Å². The van der Waals surface area contributed by atoms with E-state index in [0.717, 1.165) is 24.0 Å². The second-order valence-corrected chi connectivity index (χ2v) is 8.06. The standard InChI is InChI=1S/C24H29N3O3/c1-17-6-10-19(11-7-17)24(30)27-14-4-5-20(15-27)23(29)26(3)16-22(28)25-21-12-8-18(2)9-13-21/h6-13,20H,4-5,14-16H2,1-3H3,(H,25,28). The highest BCUT2D eigenvalue weighted by Gasteiger charge is 2.31. The number of rotatable bonds is 5. The van der Waals surface area contributed by atoms with Crippen LogP contribution >= 0.6 is 0 Å². The van der Waals surface area contributed by atoms with Crippen LogP contribution in [-0.4, -0.2) is 54.2 Å². The topological polar surface area (TPSA) is 69.7 Å². The van der Waals surface area contributed by atoms with Gasteiger partial charge in [0.2, 0.25) is 11.8 Å². The van der Waals surface area contributed by atoms with Crippen LogP contribution in [0.4, 0.5) is 5.69 Å². The number of aryl methyl sites for hydroxylation is 2. The van der Waals surface area contributed by atoms with Crippen LogP contribution in [0.1, 0.15) is 34.3 Å². The monoisotopic (exact) mass is 407 g/mol. The highest BCUT2D eigenvalue weighted by atomic mass is 16.2. The quantitative estimate of drug-likeness (QED) is 0.827. The molecule has 0 saturated carbocycles. The van der Waals surface area contributed by atoms with Crippen molar-refractivity contribution in [3.8, 4) is 0 Å². The zero-order valence-corrected chi connectivity index (χ0v) is 17.9. The molecule has 0 bridgehead atoms. The smallest absolute Gasteiger partial charge is 0.253 e. The van der Waals surface area contributed by atoms with Gasteiger partial charge in [0.1, 0.15) is 0 Å². The molecule has 1 saturated heterocycles. The lowest BCUT2D eigenvalue weighted by molar-refractivity contribution is -0.138. The van der Waals surface area contributed by atoms with Crippen LogP contribution in [0.25, 0.3) is 0 Å². The fourth-order valence-electron chi connectivity index (χ4n) is 3.68. The molecule has 1 heterocycles. The van der Waals surface area contributed by atoms with Crippen LogP contribution in [0.5, 0.6) is 0 Å². The molecule has 1 aliphatic heterocycles. The highest BCUT2D eigenvalue weighted by Crippen LogP contribution is 2.21. The Morgan fingerprint density at radius 1 is 1.00 bits per heavy atom. The molecular formula is C24H29N3O3. The molecule has 2 aromatic rings. The lowest BCUT2D eigenvalue weighted by atomic mass is 9.96. The molecular weight excluding hydrogens is 378 g/mol. The Hall–Kier alpha value is -3.15. The first kappa shape index (κ1) is 21.6. The Morgan fingerprint density at radius 2 is 1.60 bits per heavy atom. The summed E-state index contributed by atoms with van der Waals surface area (Å²) >= 11 is 0. The number of likely N-dealkylation sites (tertiary alicyclic amines) is 1. The Balaban J connectivity index is 1.55. The maximum Gasteiger partial charge on any atom is 0.253 e. The molecule has 0 spiro atoms. The van der Waals surface area contributed by atoms with Gasteiger partial charge >= 0.3 is 0 Å². The van der Waals surface area contributed by atoms with Crippen molar-refractivity contribution in [3.05, 3.63) is 65.2 Å². The number of likely N-dealkylation sites (N-methyl/N-ethyl adjacent to an activating group) is 1. The van der Waals surface area contributed by atoms with E-state index < -0.39 is 0 Å². The van der Waals surface area contributed by atoms with Crippen molar-refractivity contribution in [1.82, 2.24) is 9.80 Å². The van der Waals surface area contributed by atoms with E-state index in [-0.39, 0.29) is 30.2 Å². The first-order chi connectivity index (χ1) is 14.3. The predicted molar refractivity (Wildman–Crippen MR) is 117 cm³/mol. The number of carbonyl (C=O) groups is 3. The number of anilines is 1. The summed E-state index contributed by atoms with van der Waals surface area (Å²) in [5.41, 5.74) is 3.56. The van der Waals surface area contributed by atoms with E-state index in [0.29, 0.717) is 24.3 Å². The van der Waals surface area contributed by atoms with Crippen molar-refractivity contribution in [2.75, 3.05) is 32.0 Å². The van der Waals surface area contributed by atoms with Crippen LogP contribution in [0, 0.1) is 19.8 Å². The molecule has 2 aromatic carbocycles. The highest BCUT2D eigenvalue weighted by molar-refractivity contribution is 5.96. The van der Waals surface area contributed by atoms with Crippen LogP contribution < -0.4 is 5.32 Å². The van der Waals surface area contributed by atoms with Gasteiger partial charge in [-0.1, -0.05) is 35.4 Å². The molecule has 1 unspecified atom stereocenters. The molecule has 3 amide bonds. The number of hydrogen-bond donors (Lipinski definition) is 1. The molecule has 1 fully saturated rings. The van der Waals surface area contributed by atoms with Gasteiger partial charge in [-0.15, -0.1) is 0 Å². The minimum absolute atomic E-state index is 0.0187. The summed E-state index contributed by atoms with van der Waals surface area (Å²) < 4.78 is 0. The van der Waals surface area contributed by atoms with E-state index >= 15 is 0 Å². The van der Waals surface area contributed by atoms with Crippen molar-refractivity contribution in [1.29, 1.82) is 0 Å². The normalized spacial score (nSPS) is 16.1. The van der Waals surface area contributed by atoms with E-state index in [2.05, 4.69) is 5.32 Å². The number of benzene rings is 2. The Labute approximate surface area is 177 Å². The van der Waals surface area contributed by atoms with E-state index in [1.165, 1.54) is 4.90 Å². The third-order valence-corrected chi connectivity index (χ3v) is 5.45. The maximum absolute atomic E-state index is 12.9. The van der Waals surface area contributed by atoms with Crippen LogP contribution in [0.15, 0.2) is 48.5 Å². The molecule has 0 aliphatic carbocycles. The van der Waals surface area contributed by atoms with Gasteiger partial charge in [0.25, 0.3) is 5.91 Å². The SMILES string of the molecule is Cc1ccc(NC(=O)CN(C)C(=O)C2CCCN(C(=O)c3ccc(C)cc3)C2)cc1. The zero-order valence-electron chi connectivity index (χ0n) is 17.9. The molecule has 0 radical (unpaired) electrons. The van der Waals surface area contributed by atoms with Crippen molar-refractivity contribution < 1.29 is 14.4 Å². The Kier molecular flexibility index (Phi) is 6.87. The first-order valence-electron chi connectivity index (χ1n) is 10.3. The van der Waals surface area contributed by atoms with Gasteiger partial charge in [0.05, 0.1) is 12.5 Å². The predicted octanol–water partition coefficient (Wildman–Crippen LogP) is 3.25. The maximum atomic E-state index is 12.9. The second-order valence-electron chi connectivity index (χ2n) is 8.06. The van der Waals surface area contributed by atoms with Crippen molar-refractivity contribution in [2.24, 2.45) is 5.92 Å². The number of hydrogen-bond acceptors (Lipinski definition) is 3. The van der Waals surface area contributed by atoms with E-state index in [4.69, 9.17) is 0 Å². The summed E-state index contributed by atoms with van der Waals surface area (Å²) in [6.45, 7) is 4.97. The van der Waals surface area contributed by atoms with E-state index in [9.17, 15) is 14.4 Å². The molecule has 158 valence electrons. The number of amides is 3.